The average molecular weight is 394 g/mol. The van der Waals surface area contributed by atoms with Crippen LogP contribution in [0.2, 0.25) is 0 Å². The molecule has 0 unspecified atom stereocenters. The molecular weight excluding hydrogens is 372 g/mol. The molecule has 29 heavy (non-hydrogen) atoms. The molecule has 3 rings (SSSR count). The minimum Gasteiger partial charge on any atom is -0.450 e. The van der Waals surface area contributed by atoms with Crippen molar-refractivity contribution in [3.63, 3.8) is 0 Å². The van der Waals surface area contributed by atoms with Crippen molar-refractivity contribution in [2.75, 3.05) is 11.9 Å². The summed E-state index contributed by atoms with van der Waals surface area (Å²) in [6.45, 7) is 0.265. The van der Waals surface area contributed by atoms with E-state index < -0.39 is 6.09 Å². The molecule has 9 heteroatoms. The maximum absolute atomic E-state index is 10.6. The van der Waals surface area contributed by atoms with E-state index in [0.29, 0.717) is 24.8 Å². The third kappa shape index (κ3) is 6.22. The second-order valence-electron chi connectivity index (χ2n) is 6.28. The van der Waals surface area contributed by atoms with E-state index in [1.54, 1.807) is 6.20 Å². The molecule has 2 heterocycles. The number of nitrogens with one attached hydrogen (secondary N) is 1. The minimum atomic E-state index is -0.757. The molecule has 0 aliphatic rings. The SMILES string of the molecule is NC(=O)OCCCCc1cc(-c2ncnc(Nc3cccc(CO)c3)n2)ccn1. The fourth-order valence-electron chi connectivity index (χ4n) is 2.71. The van der Waals surface area contributed by atoms with Crippen molar-refractivity contribution in [2.24, 2.45) is 5.73 Å². The summed E-state index contributed by atoms with van der Waals surface area (Å²) in [6.07, 6.45) is 4.66. The lowest BCUT2D eigenvalue weighted by Crippen LogP contribution is -2.13. The van der Waals surface area contributed by atoms with Crippen LogP contribution in [0.4, 0.5) is 16.4 Å². The molecule has 0 radical (unpaired) electrons. The number of aromatic nitrogens is 4. The van der Waals surface area contributed by atoms with Gasteiger partial charge in [-0.15, -0.1) is 0 Å². The summed E-state index contributed by atoms with van der Waals surface area (Å²) in [5.41, 5.74) is 8.24. The topological polar surface area (TPSA) is 136 Å². The number of primary amides is 1. The summed E-state index contributed by atoms with van der Waals surface area (Å²) in [6, 6.07) is 11.2. The maximum Gasteiger partial charge on any atom is 0.404 e. The number of amides is 1. The van der Waals surface area contributed by atoms with Gasteiger partial charge < -0.3 is 20.9 Å². The largest absolute Gasteiger partial charge is 0.450 e. The van der Waals surface area contributed by atoms with Gasteiger partial charge in [0.05, 0.1) is 13.2 Å². The lowest BCUT2D eigenvalue weighted by molar-refractivity contribution is 0.154. The van der Waals surface area contributed by atoms with Gasteiger partial charge in [-0.1, -0.05) is 12.1 Å². The first-order chi connectivity index (χ1) is 14.1. The van der Waals surface area contributed by atoms with Crippen LogP contribution in [0.5, 0.6) is 0 Å². The molecule has 0 saturated carbocycles. The van der Waals surface area contributed by atoms with Crippen molar-refractivity contribution in [3.8, 4) is 11.4 Å². The molecule has 4 N–H and O–H groups in total. The van der Waals surface area contributed by atoms with Gasteiger partial charge in [0.2, 0.25) is 5.95 Å². The van der Waals surface area contributed by atoms with E-state index in [-0.39, 0.29) is 6.61 Å². The van der Waals surface area contributed by atoms with Gasteiger partial charge in [0.1, 0.15) is 6.33 Å². The zero-order valence-corrected chi connectivity index (χ0v) is 15.8. The number of pyridine rings is 1. The highest BCUT2D eigenvalue weighted by atomic mass is 16.5. The number of aliphatic hydroxyl groups is 1. The van der Waals surface area contributed by atoms with Gasteiger partial charge in [0.25, 0.3) is 0 Å². The molecule has 0 saturated heterocycles. The number of carbonyl (C=O) groups excluding carboxylic acids is 1. The Morgan fingerprint density at radius 2 is 2.03 bits per heavy atom. The van der Waals surface area contributed by atoms with Crippen LogP contribution in [-0.4, -0.2) is 37.7 Å². The Kier molecular flexibility index (Phi) is 7.01. The third-order valence-corrected chi connectivity index (χ3v) is 4.08. The van der Waals surface area contributed by atoms with Crippen LogP contribution in [0.25, 0.3) is 11.4 Å². The van der Waals surface area contributed by atoms with Gasteiger partial charge in [-0.3, -0.25) is 4.98 Å². The fraction of sp³-hybridized carbons (Fsp3) is 0.250. The molecule has 0 atom stereocenters. The van der Waals surface area contributed by atoms with Crippen LogP contribution in [0.3, 0.4) is 0 Å². The quantitative estimate of drug-likeness (QED) is 0.471. The molecule has 150 valence electrons. The number of hydrogen-bond donors (Lipinski definition) is 3. The predicted molar refractivity (Wildman–Crippen MR) is 107 cm³/mol. The molecule has 1 amide bonds. The third-order valence-electron chi connectivity index (χ3n) is 4.08. The first-order valence-electron chi connectivity index (χ1n) is 9.17. The summed E-state index contributed by atoms with van der Waals surface area (Å²) in [7, 11) is 0. The second-order valence-corrected chi connectivity index (χ2v) is 6.28. The van der Waals surface area contributed by atoms with E-state index in [9.17, 15) is 9.90 Å². The van der Waals surface area contributed by atoms with Crippen molar-refractivity contribution < 1.29 is 14.6 Å². The molecule has 0 fully saturated rings. The number of aliphatic hydroxyl groups excluding tert-OH is 1. The number of nitrogens with two attached hydrogens (primary N) is 1. The Hall–Kier alpha value is -3.59. The van der Waals surface area contributed by atoms with Crippen molar-refractivity contribution in [1.82, 2.24) is 19.9 Å². The molecule has 0 spiro atoms. The number of anilines is 2. The van der Waals surface area contributed by atoms with Crippen LogP contribution >= 0.6 is 0 Å². The zero-order valence-electron chi connectivity index (χ0n) is 15.8. The first-order valence-corrected chi connectivity index (χ1v) is 9.17. The van der Waals surface area contributed by atoms with Gasteiger partial charge in [0, 0.05) is 23.1 Å². The fourth-order valence-corrected chi connectivity index (χ4v) is 2.71. The normalized spacial score (nSPS) is 10.5. The lowest BCUT2D eigenvalue weighted by atomic mass is 10.1. The Morgan fingerprint density at radius 3 is 2.86 bits per heavy atom. The van der Waals surface area contributed by atoms with Crippen molar-refractivity contribution in [1.29, 1.82) is 0 Å². The Labute approximate surface area is 168 Å². The highest BCUT2D eigenvalue weighted by Crippen LogP contribution is 2.19. The summed E-state index contributed by atoms with van der Waals surface area (Å²) in [5, 5.41) is 12.4. The van der Waals surface area contributed by atoms with Gasteiger partial charge >= 0.3 is 6.09 Å². The number of rotatable bonds is 9. The summed E-state index contributed by atoms with van der Waals surface area (Å²) in [4.78, 5) is 27.8. The monoisotopic (exact) mass is 394 g/mol. The van der Waals surface area contributed by atoms with E-state index in [0.717, 1.165) is 35.3 Å². The molecule has 1 aromatic carbocycles. The van der Waals surface area contributed by atoms with E-state index in [1.807, 2.05) is 36.4 Å². The van der Waals surface area contributed by atoms with Crippen LogP contribution in [0, 0.1) is 0 Å². The van der Waals surface area contributed by atoms with E-state index >= 15 is 0 Å². The van der Waals surface area contributed by atoms with E-state index in [2.05, 4.69) is 25.3 Å². The molecule has 9 nitrogen and oxygen atoms in total. The highest BCUT2D eigenvalue weighted by molar-refractivity contribution is 5.64. The Morgan fingerprint density at radius 1 is 1.14 bits per heavy atom. The number of nitrogens with zero attached hydrogens (tertiary/aromatic N) is 4. The molecule has 3 aromatic rings. The number of unbranched alkanes of at least 4 members (excludes halogenated alkanes) is 1. The average Bonchev–Trinajstić information content (AvgIpc) is 2.74. The van der Waals surface area contributed by atoms with Gasteiger partial charge in [0.15, 0.2) is 5.82 Å². The molecule has 2 aromatic heterocycles. The Bertz CT molecular complexity index is 966. The van der Waals surface area contributed by atoms with Crippen molar-refractivity contribution >= 4 is 17.7 Å². The summed E-state index contributed by atoms with van der Waals surface area (Å²) in [5.74, 6) is 0.938. The van der Waals surface area contributed by atoms with Crippen molar-refractivity contribution in [3.05, 3.63) is 60.2 Å². The second kappa shape index (κ2) is 10.1. The standard InChI is InChI=1S/C20H22N6O3/c21-19(28)29-9-2-1-5-16-11-15(7-8-22-16)18-23-13-24-20(26-18)25-17-6-3-4-14(10-17)12-27/h3-4,6-8,10-11,13,27H,1-2,5,9,12H2,(H2,21,28)(H,23,24,25,26). The Balaban J connectivity index is 1.66. The van der Waals surface area contributed by atoms with Crippen LogP contribution < -0.4 is 11.1 Å². The zero-order chi connectivity index (χ0) is 20.5. The van der Waals surface area contributed by atoms with E-state index in [1.165, 1.54) is 6.33 Å². The van der Waals surface area contributed by atoms with Crippen LogP contribution in [-0.2, 0) is 17.8 Å². The first kappa shape index (κ1) is 20.2. The number of carbonyl (C=O) groups is 1. The number of benzene rings is 1. The van der Waals surface area contributed by atoms with Gasteiger partial charge in [-0.05, 0) is 49.1 Å². The van der Waals surface area contributed by atoms with Crippen molar-refractivity contribution in [2.45, 2.75) is 25.9 Å². The van der Waals surface area contributed by atoms with Gasteiger partial charge in [-0.25, -0.2) is 14.8 Å². The van der Waals surface area contributed by atoms with E-state index in [4.69, 9.17) is 10.5 Å². The molecule has 0 bridgehead atoms. The minimum absolute atomic E-state index is 0.0353. The smallest absolute Gasteiger partial charge is 0.404 e. The summed E-state index contributed by atoms with van der Waals surface area (Å²) >= 11 is 0. The predicted octanol–water partition coefficient (Wildman–Crippen LogP) is 2.59. The van der Waals surface area contributed by atoms with Crippen LogP contribution in [0.15, 0.2) is 48.9 Å². The number of hydrogen-bond acceptors (Lipinski definition) is 8. The molecular formula is C20H22N6O3. The molecule has 0 aliphatic heterocycles. The summed E-state index contributed by atoms with van der Waals surface area (Å²) < 4.78 is 4.72. The lowest BCUT2D eigenvalue weighted by Gasteiger charge is -2.08. The number of ether oxygens (including phenoxy) is 1. The van der Waals surface area contributed by atoms with Gasteiger partial charge in [-0.2, -0.15) is 4.98 Å². The maximum atomic E-state index is 10.6. The van der Waals surface area contributed by atoms with Crippen LogP contribution in [0.1, 0.15) is 24.1 Å². The molecule has 0 aliphatic carbocycles. The highest BCUT2D eigenvalue weighted by Gasteiger charge is 2.07. The number of aryl methyl sites for hydroxylation is 1.